The first-order valence-corrected chi connectivity index (χ1v) is 12.3. The van der Waals surface area contributed by atoms with Crippen LogP contribution in [0.5, 0.6) is 0 Å². The van der Waals surface area contributed by atoms with Crippen LogP contribution >= 0.6 is 24.4 Å². The van der Waals surface area contributed by atoms with Crippen molar-refractivity contribution in [2.24, 2.45) is 5.41 Å². The molecule has 0 aliphatic rings. The van der Waals surface area contributed by atoms with Gasteiger partial charge in [-0.2, -0.15) is 24.4 Å². The number of thioether (sulfide) groups is 1. The predicted molar refractivity (Wildman–Crippen MR) is 126 cm³/mol. The Morgan fingerprint density at radius 3 is 1.93 bits per heavy atom. The lowest BCUT2D eigenvalue weighted by molar-refractivity contribution is 0.109. The molecule has 0 unspecified atom stereocenters. The van der Waals surface area contributed by atoms with E-state index in [2.05, 4.69) is 33.4 Å². The maximum absolute atomic E-state index is 12.6. The van der Waals surface area contributed by atoms with Gasteiger partial charge < -0.3 is 9.84 Å². The van der Waals surface area contributed by atoms with Gasteiger partial charge in [-0.05, 0) is 48.4 Å². The van der Waals surface area contributed by atoms with Crippen LogP contribution in [-0.2, 0) is 24.4 Å². The van der Waals surface area contributed by atoms with Crippen LogP contribution in [0.3, 0.4) is 0 Å². The van der Waals surface area contributed by atoms with Crippen LogP contribution in [0.15, 0.2) is 14.4 Å². The molecule has 0 spiro atoms. The molecule has 10 heteroatoms. The summed E-state index contributed by atoms with van der Waals surface area (Å²) in [6, 6.07) is 0. The molecular formula is C20H37N3O5S2. The first kappa shape index (κ1) is 27.1. The zero-order valence-corrected chi connectivity index (χ0v) is 20.2. The Bertz CT molecular complexity index is 796. The van der Waals surface area contributed by atoms with E-state index in [0.29, 0.717) is 18.6 Å². The summed E-state index contributed by atoms with van der Waals surface area (Å²) in [5.74, 6) is 2.30. The number of thiol groups is 1. The zero-order valence-electron chi connectivity index (χ0n) is 18.5. The van der Waals surface area contributed by atoms with Crippen molar-refractivity contribution in [1.82, 2.24) is 13.7 Å². The fraction of sp³-hybridized carbons (Fsp3) is 0.850. The van der Waals surface area contributed by atoms with Crippen molar-refractivity contribution >= 4 is 24.4 Å². The van der Waals surface area contributed by atoms with Crippen molar-refractivity contribution in [3.05, 3.63) is 31.5 Å². The highest BCUT2D eigenvalue weighted by molar-refractivity contribution is 7.99. The quantitative estimate of drug-likeness (QED) is 0.302. The summed E-state index contributed by atoms with van der Waals surface area (Å²) in [4.78, 5) is 37.5. The maximum atomic E-state index is 12.6. The summed E-state index contributed by atoms with van der Waals surface area (Å²) in [5, 5.41) is 9.16. The molecule has 174 valence electrons. The van der Waals surface area contributed by atoms with Crippen LogP contribution < -0.4 is 17.1 Å². The van der Waals surface area contributed by atoms with E-state index >= 15 is 0 Å². The molecule has 1 heterocycles. The molecule has 8 nitrogen and oxygen atoms in total. The summed E-state index contributed by atoms with van der Waals surface area (Å²) in [6.07, 6.45) is 3.20. The molecule has 0 atom stereocenters. The summed E-state index contributed by atoms with van der Waals surface area (Å²) in [7, 11) is 0. The summed E-state index contributed by atoms with van der Waals surface area (Å²) in [5.41, 5.74) is -1.62. The van der Waals surface area contributed by atoms with Crippen molar-refractivity contribution in [2.45, 2.75) is 66.1 Å². The van der Waals surface area contributed by atoms with Gasteiger partial charge in [0.25, 0.3) is 0 Å². The van der Waals surface area contributed by atoms with Crippen LogP contribution in [0.25, 0.3) is 0 Å². The largest absolute Gasteiger partial charge is 0.395 e. The number of nitrogens with zero attached hydrogens (tertiary/aromatic N) is 3. The lowest BCUT2D eigenvalue weighted by Crippen LogP contribution is -2.55. The Morgan fingerprint density at radius 2 is 1.40 bits per heavy atom. The fourth-order valence-corrected chi connectivity index (χ4v) is 3.76. The molecular weight excluding hydrogens is 426 g/mol. The lowest BCUT2D eigenvalue weighted by atomic mass is 9.93. The van der Waals surface area contributed by atoms with Crippen LogP contribution in [0.1, 0.15) is 46.5 Å². The van der Waals surface area contributed by atoms with E-state index in [1.165, 1.54) is 0 Å². The Morgan fingerprint density at radius 1 is 0.867 bits per heavy atom. The molecule has 0 amide bonds. The highest BCUT2D eigenvalue weighted by atomic mass is 32.2. The van der Waals surface area contributed by atoms with Crippen LogP contribution in [-0.4, -0.2) is 55.9 Å². The number of aromatic nitrogens is 3. The van der Waals surface area contributed by atoms with E-state index in [9.17, 15) is 14.4 Å². The van der Waals surface area contributed by atoms with E-state index in [0.717, 1.165) is 51.3 Å². The molecule has 0 aromatic carbocycles. The second-order valence-corrected chi connectivity index (χ2v) is 10.0. The van der Waals surface area contributed by atoms with Gasteiger partial charge in [0.15, 0.2) is 0 Å². The zero-order chi connectivity index (χ0) is 22.6. The molecule has 0 saturated heterocycles. The lowest BCUT2D eigenvalue weighted by Gasteiger charge is -2.17. The van der Waals surface area contributed by atoms with E-state index in [1.807, 2.05) is 0 Å². The molecule has 0 bridgehead atoms. The normalized spacial score (nSPS) is 11.9. The Hall–Kier alpha value is -0.970. The van der Waals surface area contributed by atoms with Crippen molar-refractivity contribution in [3.63, 3.8) is 0 Å². The number of ether oxygens (including phenoxy) is 1. The standard InChI is InChI=1S/C20H37N3O5S2/c1-20(2,3)7-13-28-12-6-16-30-15-5-9-22-17(25)21(8-4-14-29)18(26)23(10-11-24)19(22)27/h24,29H,4-16H2,1-3H3. The predicted octanol–water partition coefficient (Wildman–Crippen LogP) is 1.45. The van der Waals surface area contributed by atoms with E-state index in [-0.39, 0.29) is 31.7 Å². The molecule has 0 saturated carbocycles. The van der Waals surface area contributed by atoms with E-state index in [1.54, 1.807) is 11.8 Å². The average Bonchev–Trinajstić information content (AvgIpc) is 2.68. The van der Waals surface area contributed by atoms with Gasteiger partial charge in [-0.1, -0.05) is 20.8 Å². The van der Waals surface area contributed by atoms with Crippen molar-refractivity contribution in [2.75, 3.05) is 37.1 Å². The maximum Gasteiger partial charge on any atom is 0.336 e. The average molecular weight is 464 g/mol. The molecule has 0 radical (unpaired) electrons. The molecule has 0 aliphatic heterocycles. The number of rotatable bonds is 15. The number of aliphatic hydroxyl groups excluding tert-OH is 1. The topological polar surface area (TPSA) is 95.5 Å². The molecule has 1 rings (SSSR count). The number of aliphatic hydroxyl groups is 1. The van der Waals surface area contributed by atoms with Crippen molar-refractivity contribution < 1.29 is 9.84 Å². The summed E-state index contributed by atoms with van der Waals surface area (Å²) < 4.78 is 8.75. The minimum absolute atomic E-state index is 0.122. The van der Waals surface area contributed by atoms with Gasteiger partial charge in [0.1, 0.15) is 0 Å². The van der Waals surface area contributed by atoms with Crippen molar-refractivity contribution in [3.8, 4) is 0 Å². The number of hydrogen-bond acceptors (Lipinski definition) is 7. The first-order chi connectivity index (χ1) is 14.2. The van der Waals surface area contributed by atoms with Gasteiger partial charge >= 0.3 is 17.1 Å². The third-order valence-electron chi connectivity index (χ3n) is 4.49. The summed E-state index contributed by atoms with van der Waals surface area (Å²) in [6.45, 7) is 8.10. The van der Waals surface area contributed by atoms with Gasteiger partial charge in [-0.3, -0.25) is 0 Å². The van der Waals surface area contributed by atoms with Gasteiger partial charge in [0.2, 0.25) is 0 Å². The third-order valence-corrected chi connectivity index (χ3v) is 5.96. The minimum atomic E-state index is -0.669. The molecule has 1 aromatic rings. The van der Waals surface area contributed by atoms with Gasteiger partial charge in [-0.15, -0.1) is 0 Å². The first-order valence-electron chi connectivity index (χ1n) is 10.5. The molecule has 0 fully saturated rings. The number of hydrogen-bond donors (Lipinski definition) is 2. The van der Waals surface area contributed by atoms with Crippen LogP contribution in [0.4, 0.5) is 0 Å². The van der Waals surface area contributed by atoms with E-state index in [4.69, 9.17) is 9.84 Å². The molecule has 30 heavy (non-hydrogen) atoms. The summed E-state index contributed by atoms with van der Waals surface area (Å²) >= 11 is 5.88. The Labute approximate surface area is 188 Å². The highest BCUT2D eigenvalue weighted by Gasteiger charge is 2.14. The monoisotopic (exact) mass is 463 g/mol. The molecule has 1 aromatic heterocycles. The van der Waals surface area contributed by atoms with Gasteiger partial charge in [0.05, 0.1) is 13.2 Å². The minimum Gasteiger partial charge on any atom is -0.395 e. The SMILES string of the molecule is CC(C)(C)CCOCCCSCCCn1c(=O)n(CCO)c(=O)n(CCCS)c1=O. The van der Waals surface area contributed by atoms with Gasteiger partial charge in [-0.25, -0.2) is 28.1 Å². The smallest absolute Gasteiger partial charge is 0.336 e. The van der Waals surface area contributed by atoms with E-state index < -0.39 is 17.1 Å². The van der Waals surface area contributed by atoms with Crippen LogP contribution in [0.2, 0.25) is 0 Å². The second-order valence-electron chi connectivity index (χ2n) is 8.35. The van der Waals surface area contributed by atoms with Crippen LogP contribution in [0, 0.1) is 5.41 Å². The van der Waals surface area contributed by atoms with Gasteiger partial charge in [0, 0.05) is 26.3 Å². The second kappa shape index (κ2) is 14.2. The van der Waals surface area contributed by atoms with Crippen molar-refractivity contribution in [1.29, 1.82) is 0 Å². The molecule has 1 N–H and O–H groups in total. The third kappa shape index (κ3) is 9.45. The Kier molecular flexibility index (Phi) is 12.8. The highest BCUT2D eigenvalue weighted by Crippen LogP contribution is 2.17. The molecule has 0 aliphatic carbocycles. The fourth-order valence-electron chi connectivity index (χ4n) is 2.76. The Balaban J connectivity index is 2.53.